The molecule has 3 aliphatic rings. The Morgan fingerprint density at radius 2 is 1.40 bits per heavy atom. The molecule has 1 saturated carbocycles. The number of benzene rings is 2. The average molecular weight is 831 g/mol. The lowest BCUT2D eigenvalue weighted by Crippen LogP contribution is -2.64. The number of ether oxygens (including phenoxy) is 8. The Balaban J connectivity index is 1.70. The van der Waals surface area contributed by atoms with E-state index < -0.39 is 95.6 Å². The Kier molecular flexibility index (Phi) is 15.0. The van der Waals surface area contributed by atoms with Crippen LogP contribution in [0.1, 0.15) is 90.6 Å². The molecule has 13 heteroatoms. The van der Waals surface area contributed by atoms with E-state index in [4.69, 9.17) is 37.9 Å². The summed E-state index contributed by atoms with van der Waals surface area (Å²) in [6.07, 6.45) is -3.79. The highest BCUT2D eigenvalue weighted by molar-refractivity contribution is 5.78. The van der Waals surface area contributed by atoms with Gasteiger partial charge in [-0.25, -0.2) is 9.59 Å². The van der Waals surface area contributed by atoms with Gasteiger partial charge in [-0.15, -0.1) is 0 Å². The van der Waals surface area contributed by atoms with Crippen molar-refractivity contribution >= 4 is 29.8 Å². The minimum absolute atomic E-state index is 0.132. The van der Waals surface area contributed by atoms with Gasteiger partial charge in [0.15, 0.2) is 12.2 Å². The van der Waals surface area contributed by atoms with E-state index >= 15 is 0 Å². The minimum Gasteiger partial charge on any atom is -0.459 e. The average Bonchev–Trinajstić information content (AvgIpc) is 3.51. The zero-order chi connectivity index (χ0) is 43.9. The van der Waals surface area contributed by atoms with Gasteiger partial charge in [0, 0.05) is 33.6 Å². The number of methoxy groups -OCH3 is 2. The molecule has 0 N–H and O–H groups in total. The second-order valence-corrected chi connectivity index (χ2v) is 16.2. The summed E-state index contributed by atoms with van der Waals surface area (Å²) in [6, 6.07) is 17.8. The monoisotopic (exact) mass is 830 g/mol. The molecule has 2 unspecified atom stereocenters. The molecule has 13 nitrogen and oxygen atoms in total. The Labute approximate surface area is 352 Å². The van der Waals surface area contributed by atoms with Crippen LogP contribution in [-0.4, -0.2) is 75.0 Å². The molecule has 0 radical (unpaired) electrons. The van der Waals surface area contributed by atoms with E-state index in [0.29, 0.717) is 28.7 Å². The van der Waals surface area contributed by atoms with Crippen LogP contribution < -0.4 is 0 Å². The third kappa shape index (κ3) is 9.28. The fourth-order valence-corrected chi connectivity index (χ4v) is 9.13. The number of carbonyl (C=O) groups is 5. The lowest BCUT2D eigenvalue weighted by Gasteiger charge is -2.61. The normalized spacial score (nSPS) is 28.8. The van der Waals surface area contributed by atoms with Gasteiger partial charge in [0.05, 0.1) is 5.92 Å². The van der Waals surface area contributed by atoms with Crippen molar-refractivity contribution in [1.82, 2.24) is 0 Å². The first-order valence-corrected chi connectivity index (χ1v) is 20.4. The molecular weight excluding hydrogens is 773 g/mol. The molecule has 0 aromatic heterocycles. The number of rotatable bonds is 17. The second kappa shape index (κ2) is 19.5. The van der Waals surface area contributed by atoms with Crippen LogP contribution in [0.4, 0.5) is 0 Å². The summed E-state index contributed by atoms with van der Waals surface area (Å²) in [5, 5.41) is 0. The molecular formula is C47H58O13. The van der Waals surface area contributed by atoms with Crippen molar-refractivity contribution in [1.29, 1.82) is 0 Å². The van der Waals surface area contributed by atoms with E-state index in [9.17, 15) is 24.0 Å². The van der Waals surface area contributed by atoms with Gasteiger partial charge in [0.25, 0.3) is 0 Å². The van der Waals surface area contributed by atoms with Gasteiger partial charge in [-0.1, -0.05) is 108 Å². The third-order valence-electron chi connectivity index (χ3n) is 12.6. The van der Waals surface area contributed by atoms with Gasteiger partial charge in [-0.3, -0.25) is 19.1 Å². The van der Waals surface area contributed by atoms with Crippen LogP contribution in [0.15, 0.2) is 97.1 Å². The van der Waals surface area contributed by atoms with Crippen molar-refractivity contribution < 1.29 is 61.9 Å². The predicted octanol–water partition coefficient (Wildman–Crippen LogP) is 7.46. The molecule has 1 saturated heterocycles. The molecule has 2 aromatic rings. The lowest BCUT2D eigenvalue weighted by atomic mass is 9.44. The molecule has 1 spiro atoms. The maximum absolute atomic E-state index is 14.4. The summed E-state index contributed by atoms with van der Waals surface area (Å²) in [6.45, 7) is 18.2. The summed E-state index contributed by atoms with van der Waals surface area (Å²) >= 11 is 0. The summed E-state index contributed by atoms with van der Waals surface area (Å²) in [7, 11) is 2.82. The van der Waals surface area contributed by atoms with Gasteiger partial charge in [0.2, 0.25) is 12.6 Å². The zero-order valence-corrected chi connectivity index (χ0v) is 35.8. The van der Waals surface area contributed by atoms with Crippen molar-refractivity contribution in [3.05, 3.63) is 108 Å². The van der Waals surface area contributed by atoms with Crippen LogP contribution >= 0.6 is 0 Å². The molecule has 1 heterocycles. The molecule has 2 aromatic carbocycles. The number of hydrogen-bond acceptors (Lipinski definition) is 13. The summed E-state index contributed by atoms with van der Waals surface area (Å²) in [5.41, 5.74) is -0.583. The molecule has 0 bridgehead atoms. The van der Waals surface area contributed by atoms with Crippen molar-refractivity contribution in [2.24, 2.45) is 28.6 Å². The lowest BCUT2D eigenvalue weighted by molar-refractivity contribution is -0.261. The fourth-order valence-electron chi connectivity index (χ4n) is 9.13. The van der Waals surface area contributed by atoms with Gasteiger partial charge in [0.1, 0.15) is 23.7 Å². The number of esters is 5. The van der Waals surface area contributed by atoms with Crippen LogP contribution in [0.25, 0.3) is 0 Å². The first kappa shape index (κ1) is 46.0. The first-order valence-electron chi connectivity index (χ1n) is 20.4. The predicted molar refractivity (Wildman–Crippen MR) is 218 cm³/mol. The van der Waals surface area contributed by atoms with E-state index in [1.807, 2.05) is 32.9 Å². The molecule has 0 amide bonds. The minimum atomic E-state index is -1.53. The number of carbonyl (C=O) groups excluding carboxylic acids is 5. The molecule has 2 aliphatic carbocycles. The van der Waals surface area contributed by atoms with Crippen molar-refractivity contribution in [3.63, 3.8) is 0 Å². The van der Waals surface area contributed by atoms with Crippen LogP contribution in [0.5, 0.6) is 0 Å². The molecule has 1 aliphatic heterocycles. The topological polar surface area (TPSA) is 159 Å². The highest BCUT2D eigenvalue weighted by atomic mass is 16.8. The van der Waals surface area contributed by atoms with Gasteiger partial charge in [-0.05, 0) is 65.7 Å². The third-order valence-corrected chi connectivity index (χ3v) is 12.6. The Hall–Kier alpha value is -5.11. The molecule has 324 valence electrons. The van der Waals surface area contributed by atoms with Gasteiger partial charge in [-0.2, -0.15) is 0 Å². The zero-order valence-electron chi connectivity index (χ0n) is 35.8. The van der Waals surface area contributed by atoms with Crippen molar-refractivity contribution in [3.8, 4) is 0 Å². The first-order chi connectivity index (χ1) is 28.5. The van der Waals surface area contributed by atoms with Crippen molar-refractivity contribution in [2.75, 3.05) is 14.2 Å². The Bertz CT molecular complexity index is 1930. The van der Waals surface area contributed by atoms with E-state index in [0.717, 1.165) is 0 Å². The van der Waals surface area contributed by atoms with Crippen LogP contribution in [0, 0.1) is 28.6 Å². The summed E-state index contributed by atoms with van der Waals surface area (Å²) in [4.78, 5) is 67.5. The van der Waals surface area contributed by atoms with Gasteiger partial charge < -0.3 is 33.2 Å². The van der Waals surface area contributed by atoms with Gasteiger partial charge >= 0.3 is 29.8 Å². The molecule has 5 rings (SSSR count). The summed E-state index contributed by atoms with van der Waals surface area (Å²) in [5.74, 6) is -4.69. The quantitative estimate of drug-likeness (QED) is 0.0670. The molecule has 60 heavy (non-hydrogen) atoms. The SMILES string of the molecule is C=CC(=C)[C@H](C[C@@]1(C)[C@@H](C)C[C@@H](OC(=O)[C@H](OC)c2ccccc2)C23C(=C[C@@H](OC(=O)C(C)CC)C[C@@H]21)[C@H](OC(C)=O)O[C@@H]3OC(C)=O)OC(=O)[C@H](OC)c1ccccc1. The standard InChI is InChI=1S/C47H58O13/c1-11-27(3)36(58-42(51)39(53-9)32-19-15-13-16-20-32)26-46(8)29(5)23-38(59-43(52)40(54-10)33-21-17-14-18-22-33)47-35(44(55-30(6)48)60-45(47)56-31(7)49)24-34(25-37(46)47)57-41(50)28(4)12-2/h11,13-22,24,28-29,34,36-40,44-45H,1,3,12,23,25-26H2,2,4-10H3/t28?,29-,34+,36-,37+,38+,39+,40+,44+,45-,46-,47?/m0/s1. The highest BCUT2D eigenvalue weighted by Crippen LogP contribution is 2.68. The Morgan fingerprint density at radius 3 is 1.92 bits per heavy atom. The van der Waals surface area contributed by atoms with Crippen LogP contribution in [0.2, 0.25) is 0 Å². The molecule has 2 fully saturated rings. The largest absolute Gasteiger partial charge is 0.459 e. The van der Waals surface area contributed by atoms with Crippen molar-refractivity contribution in [2.45, 2.75) is 110 Å². The maximum atomic E-state index is 14.4. The van der Waals surface area contributed by atoms with Crippen LogP contribution in [-0.2, 0) is 61.9 Å². The fraction of sp³-hybridized carbons (Fsp3) is 0.511. The van der Waals surface area contributed by atoms with Crippen LogP contribution in [0.3, 0.4) is 0 Å². The van der Waals surface area contributed by atoms with E-state index in [2.05, 4.69) is 13.2 Å². The highest BCUT2D eigenvalue weighted by Gasteiger charge is 2.73. The van der Waals surface area contributed by atoms with E-state index in [1.54, 1.807) is 61.5 Å². The smallest absolute Gasteiger partial charge is 0.340 e. The molecule has 12 atom stereocenters. The Morgan fingerprint density at radius 1 is 0.833 bits per heavy atom. The maximum Gasteiger partial charge on any atom is 0.340 e. The number of hydrogen-bond donors (Lipinski definition) is 0. The van der Waals surface area contributed by atoms with E-state index in [-0.39, 0.29) is 25.2 Å². The van der Waals surface area contributed by atoms with E-state index in [1.165, 1.54) is 34.1 Å². The summed E-state index contributed by atoms with van der Waals surface area (Å²) < 4.78 is 48.5. The second-order valence-electron chi connectivity index (χ2n) is 16.2.